The summed E-state index contributed by atoms with van der Waals surface area (Å²) in [5.41, 5.74) is 1.32. The zero-order valence-corrected chi connectivity index (χ0v) is 11.0. The highest BCUT2D eigenvalue weighted by atomic mass is 16.5. The Bertz CT molecular complexity index is 384. The van der Waals surface area contributed by atoms with Gasteiger partial charge in [-0.1, -0.05) is 32.9 Å². The Balaban J connectivity index is 2.07. The fraction of sp³-hybridized carbons (Fsp3) is 0.800. The maximum atomic E-state index is 12.1. The second-order valence-electron chi connectivity index (χ2n) is 6.68. The maximum Gasteiger partial charge on any atom is 0.310 e. The molecule has 3 fully saturated rings. The van der Waals surface area contributed by atoms with Crippen LogP contribution in [0.1, 0.15) is 33.6 Å². The van der Waals surface area contributed by atoms with Gasteiger partial charge in [-0.25, -0.2) is 0 Å². The average Bonchev–Trinajstić information content (AvgIpc) is 2.36. The average molecular weight is 234 g/mol. The lowest BCUT2D eigenvalue weighted by Crippen LogP contribution is -2.46. The summed E-state index contributed by atoms with van der Waals surface area (Å²) in [5.74, 6) is 2.39. The largest absolute Gasteiger partial charge is 0.465 e. The first-order valence-corrected chi connectivity index (χ1v) is 6.82. The third-order valence-corrected chi connectivity index (χ3v) is 5.72. The summed E-state index contributed by atoms with van der Waals surface area (Å²) in [6.45, 7) is 11.7. The molecule has 17 heavy (non-hydrogen) atoms. The molecule has 0 unspecified atom stereocenters. The number of carbonyl (C=O) groups is 1. The summed E-state index contributed by atoms with van der Waals surface area (Å²) in [7, 11) is 0. The van der Waals surface area contributed by atoms with E-state index in [-0.39, 0.29) is 17.3 Å². The lowest BCUT2D eigenvalue weighted by Gasteiger charge is -2.44. The van der Waals surface area contributed by atoms with E-state index in [0.717, 1.165) is 6.42 Å². The highest BCUT2D eigenvalue weighted by molar-refractivity contribution is 5.77. The van der Waals surface area contributed by atoms with Gasteiger partial charge in [0.2, 0.25) is 0 Å². The van der Waals surface area contributed by atoms with Gasteiger partial charge in [0.1, 0.15) is 0 Å². The fourth-order valence-electron chi connectivity index (χ4n) is 4.70. The van der Waals surface area contributed by atoms with Crippen LogP contribution >= 0.6 is 0 Å². The van der Waals surface area contributed by atoms with Gasteiger partial charge in [-0.15, -0.1) is 0 Å². The molecule has 0 aromatic carbocycles. The predicted molar refractivity (Wildman–Crippen MR) is 66.2 cm³/mol. The normalized spacial score (nSPS) is 48.5. The number of hydrogen-bond acceptors (Lipinski definition) is 2. The second kappa shape index (κ2) is 3.37. The van der Waals surface area contributed by atoms with Crippen LogP contribution in [-0.2, 0) is 9.53 Å². The summed E-state index contributed by atoms with van der Waals surface area (Å²) in [4.78, 5) is 12.1. The van der Waals surface area contributed by atoms with E-state index in [1.165, 1.54) is 12.0 Å². The van der Waals surface area contributed by atoms with Gasteiger partial charge in [0.25, 0.3) is 0 Å². The van der Waals surface area contributed by atoms with Crippen molar-refractivity contribution < 1.29 is 9.53 Å². The molecule has 4 bridgehead atoms. The van der Waals surface area contributed by atoms with Crippen LogP contribution in [0.2, 0.25) is 0 Å². The molecule has 1 saturated heterocycles. The topological polar surface area (TPSA) is 26.3 Å². The fourth-order valence-corrected chi connectivity index (χ4v) is 4.70. The molecule has 2 saturated carbocycles. The van der Waals surface area contributed by atoms with Gasteiger partial charge in [-0.2, -0.15) is 0 Å². The van der Waals surface area contributed by atoms with E-state index in [1.807, 2.05) is 0 Å². The summed E-state index contributed by atoms with van der Waals surface area (Å²) >= 11 is 0. The molecule has 3 rings (SSSR count). The van der Waals surface area contributed by atoms with E-state index in [0.29, 0.717) is 30.3 Å². The number of esters is 1. The quantitative estimate of drug-likeness (QED) is 0.515. The van der Waals surface area contributed by atoms with Gasteiger partial charge < -0.3 is 4.74 Å². The molecular weight excluding hydrogens is 212 g/mol. The molecule has 94 valence electrons. The molecule has 0 spiro atoms. The highest BCUT2D eigenvalue weighted by Gasteiger charge is 2.64. The van der Waals surface area contributed by atoms with Gasteiger partial charge in [-0.3, -0.25) is 4.79 Å². The molecule has 0 amide bonds. The van der Waals surface area contributed by atoms with Gasteiger partial charge in [0, 0.05) is 11.3 Å². The minimum Gasteiger partial charge on any atom is -0.465 e. The number of carbonyl (C=O) groups excluding carboxylic acids is 1. The van der Waals surface area contributed by atoms with Crippen molar-refractivity contribution in [1.29, 1.82) is 0 Å². The van der Waals surface area contributed by atoms with E-state index in [2.05, 4.69) is 27.4 Å². The minimum absolute atomic E-state index is 0.0221. The molecule has 0 radical (unpaired) electrons. The minimum atomic E-state index is 0.0221. The monoisotopic (exact) mass is 234 g/mol. The van der Waals surface area contributed by atoms with Crippen LogP contribution in [0, 0.1) is 35.0 Å². The molecule has 0 N–H and O–H groups in total. The van der Waals surface area contributed by atoms with Crippen molar-refractivity contribution in [3.63, 3.8) is 0 Å². The summed E-state index contributed by atoms with van der Waals surface area (Å²) in [5, 5.41) is 0. The Hall–Kier alpha value is -0.790. The first kappa shape index (κ1) is 11.3. The molecule has 0 aromatic rings. The molecule has 2 heteroatoms. The van der Waals surface area contributed by atoms with E-state index < -0.39 is 0 Å². The maximum absolute atomic E-state index is 12.1. The Morgan fingerprint density at radius 3 is 2.82 bits per heavy atom. The van der Waals surface area contributed by atoms with Crippen molar-refractivity contribution in [1.82, 2.24) is 0 Å². The van der Waals surface area contributed by atoms with E-state index in [9.17, 15) is 4.79 Å². The standard InChI is InChI=1S/C15H22O2/c1-8(2)10-5-6-15(4)9(3)11-7-17-14(16)13(15)12(10)11/h8,10-13H,3,5-7H2,1-2,4H3/t10-,11+,12-,13-,15+/m1/s1. The molecule has 2 nitrogen and oxygen atoms in total. The summed E-state index contributed by atoms with van der Waals surface area (Å²) < 4.78 is 5.37. The first-order valence-electron chi connectivity index (χ1n) is 6.82. The van der Waals surface area contributed by atoms with Crippen molar-refractivity contribution >= 4 is 5.97 Å². The zero-order valence-electron chi connectivity index (χ0n) is 11.0. The highest BCUT2D eigenvalue weighted by Crippen LogP contribution is 2.65. The Morgan fingerprint density at radius 1 is 1.47 bits per heavy atom. The molecule has 1 heterocycles. The first-order chi connectivity index (χ1) is 7.97. The molecule has 5 atom stereocenters. The van der Waals surface area contributed by atoms with E-state index in [1.54, 1.807) is 0 Å². The van der Waals surface area contributed by atoms with Crippen molar-refractivity contribution in [3.8, 4) is 0 Å². The number of rotatable bonds is 1. The van der Waals surface area contributed by atoms with Crippen LogP contribution in [0.3, 0.4) is 0 Å². The van der Waals surface area contributed by atoms with Crippen LogP contribution in [-0.4, -0.2) is 12.6 Å². The van der Waals surface area contributed by atoms with Crippen LogP contribution in [0.25, 0.3) is 0 Å². The smallest absolute Gasteiger partial charge is 0.310 e. The lowest BCUT2D eigenvalue weighted by atomic mass is 9.61. The van der Waals surface area contributed by atoms with Crippen LogP contribution in [0.15, 0.2) is 12.2 Å². The van der Waals surface area contributed by atoms with Crippen molar-refractivity contribution in [3.05, 3.63) is 12.2 Å². The van der Waals surface area contributed by atoms with Crippen LogP contribution in [0.4, 0.5) is 0 Å². The van der Waals surface area contributed by atoms with Crippen LogP contribution in [0.5, 0.6) is 0 Å². The van der Waals surface area contributed by atoms with Crippen molar-refractivity contribution in [2.75, 3.05) is 6.61 Å². The number of hydrogen-bond donors (Lipinski definition) is 0. The molecular formula is C15H22O2. The second-order valence-corrected chi connectivity index (χ2v) is 6.68. The molecule has 3 aliphatic rings. The van der Waals surface area contributed by atoms with Crippen molar-refractivity contribution in [2.45, 2.75) is 33.6 Å². The third-order valence-electron chi connectivity index (χ3n) is 5.72. The number of cyclic esters (lactones) is 1. The summed E-state index contributed by atoms with van der Waals surface area (Å²) in [6, 6.07) is 0. The molecule has 0 aromatic heterocycles. The SMILES string of the molecule is C=C1[C@@H]2COC(=O)[C@H]3[C@@H]2[C@@H](C(C)C)CC[C@@]13C. The number of ether oxygens (including phenoxy) is 1. The lowest BCUT2D eigenvalue weighted by molar-refractivity contribution is -0.165. The van der Waals surface area contributed by atoms with E-state index >= 15 is 0 Å². The van der Waals surface area contributed by atoms with Gasteiger partial charge in [-0.05, 0) is 30.6 Å². The van der Waals surface area contributed by atoms with Gasteiger partial charge in [0.05, 0.1) is 12.5 Å². The predicted octanol–water partition coefficient (Wildman–Crippen LogP) is 3.03. The Morgan fingerprint density at radius 2 is 2.18 bits per heavy atom. The van der Waals surface area contributed by atoms with Gasteiger partial charge >= 0.3 is 5.97 Å². The molecule has 1 aliphatic heterocycles. The third kappa shape index (κ3) is 1.24. The zero-order chi connectivity index (χ0) is 12.4. The summed E-state index contributed by atoms with van der Waals surface area (Å²) in [6.07, 6.45) is 2.36. The Kier molecular flexibility index (Phi) is 2.24. The van der Waals surface area contributed by atoms with Crippen LogP contribution < -0.4 is 0 Å². The van der Waals surface area contributed by atoms with Crippen molar-refractivity contribution in [2.24, 2.45) is 35.0 Å². The van der Waals surface area contributed by atoms with E-state index in [4.69, 9.17) is 4.74 Å². The van der Waals surface area contributed by atoms with Gasteiger partial charge in [0.15, 0.2) is 0 Å². The Labute approximate surface area is 103 Å². The molecule has 2 aliphatic carbocycles.